The van der Waals surface area contributed by atoms with Gasteiger partial charge in [0.2, 0.25) is 0 Å². The van der Waals surface area contributed by atoms with Crippen molar-refractivity contribution in [1.29, 1.82) is 0 Å². The molecule has 1 nitrogen and oxygen atoms in total. The van der Waals surface area contributed by atoms with Crippen molar-refractivity contribution in [2.24, 2.45) is 11.8 Å². The summed E-state index contributed by atoms with van der Waals surface area (Å²) in [5, 5.41) is 0.608. The molecule has 1 aromatic rings. The van der Waals surface area contributed by atoms with Gasteiger partial charge in [0, 0.05) is 6.20 Å². The number of halogens is 1. The smallest absolute Gasteiger partial charge is 0.129 e. The SMILES string of the molecule is Clc1ccc([C@H]2C[C@@H]3CC[C@H]2C3)cn1. The van der Waals surface area contributed by atoms with Gasteiger partial charge in [0.15, 0.2) is 0 Å². The number of pyridine rings is 1. The third-order valence-electron chi connectivity index (χ3n) is 3.92. The minimum absolute atomic E-state index is 0.608. The van der Waals surface area contributed by atoms with Crippen LogP contribution in [0.4, 0.5) is 0 Å². The zero-order valence-electron chi connectivity index (χ0n) is 8.12. The van der Waals surface area contributed by atoms with Crippen molar-refractivity contribution in [3.05, 3.63) is 29.0 Å². The molecule has 0 radical (unpaired) electrons. The number of nitrogens with zero attached hydrogens (tertiary/aromatic N) is 1. The fourth-order valence-corrected chi connectivity index (χ4v) is 3.37. The molecule has 3 atom stereocenters. The molecule has 74 valence electrons. The van der Waals surface area contributed by atoms with E-state index in [9.17, 15) is 0 Å². The predicted octanol–water partition coefficient (Wildman–Crippen LogP) is 3.64. The van der Waals surface area contributed by atoms with E-state index in [2.05, 4.69) is 11.1 Å². The quantitative estimate of drug-likeness (QED) is 0.641. The second kappa shape index (κ2) is 3.23. The van der Waals surface area contributed by atoms with Crippen LogP contribution in [0.1, 0.15) is 37.2 Å². The Bertz CT molecular complexity index is 333. The lowest BCUT2D eigenvalue weighted by atomic mass is 9.84. The largest absolute Gasteiger partial charge is 0.244 e. The van der Waals surface area contributed by atoms with E-state index in [-0.39, 0.29) is 0 Å². The Balaban J connectivity index is 1.86. The number of hydrogen-bond donors (Lipinski definition) is 0. The van der Waals surface area contributed by atoms with Gasteiger partial charge in [-0.1, -0.05) is 24.1 Å². The summed E-state index contributed by atoms with van der Waals surface area (Å²) in [6.45, 7) is 0. The van der Waals surface area contributed by atoms with E-state index in [1.54, 1.807) is 0 Å². The van der Waals surface area contributed by atoms with Crippen LogP contribution in [0.25, 0.3) is 0 Å². The van der Waals surface area contributed by atoms with E-state index in [4.69, 9.17) is 11.6 Å². The number of aromatic nitrogens is 1. The maximum absolute atomic E-state index is 5.79. The fourth-order valence-electron chi connectivity index (χ4n) is 3.26. The van der Waals surface area contributed by atoms with Crippen LogP contribution in [0, 0.1) is 11.8 Å². The maximum Gasteiger partial charge on any atom is 0.129 e. The van der Waals surface area contributed by atoms with Gasteiger partial charge in [-0.15, -0.1) is 0 Å². The monoisotopic (exact) mass is 207 g/mol. The minimum Gasteiger partial charge on any atom is -0.244 e. The normalized spacial score (nSPS) is 35.1. The molecule has 0 aliphatic heterocycles. The Morgan fingerprint density at radius 3 is 2.71 bits per heavy atom. The van der Waals surface area contributed by atoms with Crippen molar-refractivity contribution in [2.45, 2.75) is 31.6 Å². The molecule has 0 N–H and O–H groups in total. The Kier molecular flexibility index (Phi) is 2.01. The van der Waals surface area contributed by atoms with Crippen LogP contribution in [0.5, 0.6) is 0 Å². The summed E-state index contributed by atoms with van der Waals surface area (Å²) in [5.74, 6) is 2.71. The van der Waals surface area contributed by atoms with Gasteiger partial charge in [0.25, 0.3) is 0 Å². The van der Waals surface area contributed by atoms with Crippen molar-refractivity contribution in [1.82, 2.24) is 4.98 Å². The van der Waals surface area contributed by atoms with E-state index in [0.29, 0.717) is 5.15 Å². The maximum atomic E-state index is 5.79. The molecule has 0 saturated heterocycles. The lowest BCUT2D eigenvalue weighted by molar-refractivity contribution is 0.419. The van der Waals surface area contributed by atoms with E-state index in [1.165, 1.54) is 31.2 Å². The molecule has 2 heteroatoms. The second-order valence-corrected chi connectivity index (χ2v) is 5.08. The van der Waals surface area contributed by atoms with Gasteiger partial charge in [0.05, 0.1) is 0 Å². The number of fused-ring (bicyclic) bond motifs is 2. The summed E-state index contributed by atoms with van der Waals surface area (Å²) >= 11 is 5.79. The van der Waals surface area contributed by atoms with Gasteiger partial charge in [-0.3, -0.25) is 0 Å². The first-order valence-electron chi connectivity index (χ1n) is 5.44. The third-order valence-corrected chi connectivity index (χ3v) is 4.14. The van der Waals surface area contributed by atoms with Gasteiger partial charge in [-0.05, 0) is 48.6 Å². The molecule has 2 fully saturated rings. The highest BCUT2D eigenvalue weighted by Crippen LogP contribution is 2.52. The summed E-state index contributed by atoms with van der Waals surface area (Å²) < 4.78 is 0. The van der Waals surface area contributed by atoms with Crippen LogP contribution in [-0.2, 0) is 0 Å². The first-order chi connectivity index (χ1) is 6.83. The first kappa shape index (κ1) is 8.72. The topological polar surface area (TPSA) is 12.9 Å². The average molecular weight is 208 g/mol. The molecule has 1 aromatic heterocycles. The molecular formula is C12H14ClN. The van der Waals surface area contributed by atoms with Crippen LogP contribution in [0.15, 0.2) is 18.3 Å². The van der Waals surface area contributed by atoms with E-state index in [0.717, 1.165) is 17.8 Å². The Hall–Kier alpha value is -0.560. The zero-order valence-corrected chi connectivity index (χ0v) is 8.87. The van der Waals surface area contributed by atoms with Gasteiger partial charge >= 0.3 is 0 Å². The Labute approximate surface area is 89.5 Å². The average Bonchev–Trinajstić information content (AvgIpc) is 2.80. The molecule has 0 amide bonds. The van der Waals surface area contributed by atoms with Crippen LogP contribution < -0.4 is 0 Å². The number of rotatable bonds is 1. The van der Waals surface area contributed by atoms with Crippen LogP contribution in [-0.4, -0.2) is 4.98 Å². The first-order valence-corrected chi connectivity index (χ1v) is 5.82. The third kappa shape index (κ3) is 1.35. The Morgan fingerprint density at radius 1 is 1.21 bits per heavy atom. The van der Waals surface area contributed by atoms with Gasteiger partial charge in [0.1, 0.15) is 5.15 Å². The summed E-state index contributed by atoms with van der Waals surface area (Å²) in [7, 11) is 0. The number of hydrogen-bond acceptors (Lipinski definition) is 1. The molecule has 2 bridgehead atoms. The molecule has 3 rings (SSSR count). The van der Waals surface area contributed by atoms with E-state index < -0.39 is 0 Å². The molecule has 2 saturated carbocycles. The van der Waals surface area contributed by atoms with Gasteiger partial charge < -0.3 is 0 Å². The molecule has 2 aliphatic rings. The molecule has 2 aliphatic carbocycles. The highest BCUT2D eigenvalue weighted by Gasteiger charge is 2.40. The lowest BCUT2D eigenvalue weighted by Crippen LogP contribution is -2.08. The van der Waals surface area contributed by atoms with Crippen molar-refractivity contribution in [3.8, 4) is 0 Å². The minimum atomic E-state index is 0.608. The summed E-state index contributed by atoms with van der Waals surface area (Å²) in [5.41, 5.74) is 1.40. The fraction of sp³-hybridized carbons (Fsp3) is 0.583. The van der Waals surface area contributed by atoms with Gasteiger partial charge in [-0.25, -0.2) is 4.98 Å². The molecular weight excluding hydrogens is 194 g/mol. The van der Waals surface area contributed by atoms with Crippen molar-refractivity contribution < 1.29 is 0 Å². The standard InChI is InChI=1S/C12H14ClN/c13-12-4-3-10(7-14-12)11-6-8-1-2-9(11)5-8/h3-4,7-9,11H,1-2,5-6H2/t8-,9+,11+/m1/s1. The van der Waals surface area contributed by atoms with Gasteiger partial charge in [-0.2, -0.15) is 0 Å². The highest BCUT2D eigenvalue weighted by molar-refractivity contribution is 6.29. The lowest BCUT2D eigenvalue weighted by Gasteiger charge is -2.21. The van der Waals surface area contributed by atoms with E-state index in [1.807, 2.05) is 12.3 Å². The molecule has 0 spiro atoms. The second-order valence-electron chi connectivity index (χ2n) is 4.70. The van der Waals surface area contributed by atoms with E-state index >= 15 is 0 Å². The van der Waals surface area contributed by atoms with Crippen molar-refractivity contribution >= 4 is 11.6 Å². The molecule has 0 aromatic carbocycles. The van der Waals surface area contributed by atoms with Crippen molar-refractivity contribution in [2.75, 3.05) is 0 Å². The molecule has 0 unspecified atom stereocenters. The molecule has 1 heterocycles. The van der Waals surface area contributed by atoms with Crippen molar-refractivity contribution in [3.63, 3.8) is 0 Å². The predicted molar refractivity (Wildman–Crippen MR) is 57.4 cm³/mol. The Morgan fingerprint density at radius 2 is 2.14 bits per heavy atom. The van der Waals surface area contributed by atoms with Crippen LogP contribution in [0.3, 0.4) is 0 Å². The molecule has 14 heavy (non-hydrogen) atoms. The summed E-state index contributed by atoms with van der Waals surface area (Å²) in [4.78, 5) is 4.17. The zero-order chi connectivity index (χ0) is 9.54. The highest BCUT2D eigenvalue weighted by atomic mass is 35.5. The van der Waals surface area contributed by atoms with Crippen LogP contribution >= 0.6 is 11.6 Å². The summed E-state index contributed by atoms with van der Waals surface area (Å²) in [6.07, 6.45) is 7.69. The van der Waals surface area contributed by atoms with Crippen LogP contribution in [0.2, 0.25) is 5.15 Å². The summed E-state index contributed by atoms with van der Waals surface area (Å²) in [6, 6.07) is 4.07.